The van der Waals surface area contributed by atoms with Crippen LogP contribution in [0, 0.1) is 11.8 Å². The van der Waals surface area contributed by atoms with Crippen molar-refractivity contribution in [2.75, 3.05) is 34.7 Å². The number of nitrogens with zero attached hydrogens (tertiary/aromatic N) is 3. The van der Waals surface area contributed by atoms with Crippen molar-refractivity contribution in [3.63, 3.8) is 0 Å². The van der Waals surface area contributed by atoms with E-state index >= 15 is 0 Å². The number of cyclic esters (lactones) is 1. The number of methoxy groups -OCH3 is 3. The van der Waals surface area contributed by atoms with E-state index in [-0.39, 0.29) is 37.2 Å². The summed E-state index contributed by atoms with van der Waals surface area (Å²) in [5.74, 6) is 1.42. The van der Waals surface area contributed by atoms with Gasteiger partial charge in [0.25, 0.3) is 0 Å². The summed E-state index contributed by atoms with van der Waals surface area (Å²) in [4.78, 5) is 13.4. The molecule has 10 nitrogen and oxygen atoms in total. The molecule has 3 heterocycles. The molecule has 198 valence electrons. The summed E-state index contributed by atoms with van der Waals surface area (Å²) in [6.45, 7) is 0.383. The van der Waals surface area contributed by atoms with E-state index in [0.29, 0.717) is 34.4 Å². The van der Waals surface area contributed by atoms with E-state index in [9.17, 15) is 4.79 Å². The highest BCUT2D eigenvalue weighted by Gasteiger charge is 2.53. The van der Waals surface area contributed by atoms with Crippen molar-refractivity contribution in [3.05, 3.63) is 76.8 Å². The first kappa shape index (κ1) is 23.4. The zero-order valence-electron chi connectivity index (χ0n) is 21.5. The van der Waals surface area contributed by atoms with Crippen molar-refractivity contribution in [2.45, 2.75) is 12.0 Å². The van der Waals surface area contributed by atoms with Crippen LogP contribution in [0.3, 0.4) is 0 Å². The number of rotatable bonds is 6. The SMILES string of the molecule is COc1cc([C@@H]2c3cc4c(cc3[C@@H](n3cc(C5=C=CC=C5)nn3)[C@H]3COC(=O)[C@H]23)OCO4)cc(OC)c1OC. The van der Waals surface area contributed by atoms with Crippen LogP contribution >= 0.6 is 0 Å². The largest absolute Gasteiger partial charge is 0.493 e. The number of carbonyl (C=O) groups excluding carboxylic acids is 1. The Labute approximate surface area is 224 Å². The maximum atomic E-state index is 13.4. The van der Waals surface area contributed by atoms with Crippen molar-refractivity contribution >= 4 is 11.5 Å². The number of aromatic nitrogens is 3. The van der Waals surface area contributed by atoms with Gasteiger partial charge >= 0.3 is 5.97 Å². The molecule has 0 spiro atoms. The fourth-order valence-corrected chi connectivity index (χ4v) is 6.18. The number of hydrogen-bond donors (Lipinski definition) is 0. The fraction of sp³-hybridized carbons (Fsp3) is 0.310. The first-order valence-electron chi connectivity index (χ1n) is 12.6. The van der Waals surface area contributed by atoms with E-state index in [4.69, 9.17) is 28.4 Å². The molecule has 0 N–H and O–H groups in total. The lowest BCUT2D eigenvalue weighted by Gasteiger charge is -2.39. The summed E-state index contributed by atoms with van der Waals surface area (Å²) in [6, 6.07) is 7.41. The molecular weight excluding hydrogens is 502 g/mol. The van der Waals surface area contributed by atoms with E-state index in [2.05, 4.69) is 16.0 Å². The molecule has 0 unspecified atom stereocenters. The van der Waals surface area contributed by atoms with Gasteiger partial charge in [-0.25, -0.2) is 4.68 Å². The number of benzene rings is 2. The number of fused-ring (bicyclic) bond motifs is 3. The smallest absolute Gasteiger partial charge is 0.310 e. The molecule has 2 aromatic carbocycles. The maximum absolute atomic E-state index is 13.4. The van der Waals surface area contributed by atoms with Gasteiger partial charge in [-0.1, -0.05) is 11.3 Å². The molecule has 1 aromatic heterocycles. The first-order chi connectivity index (χ1) is 19.1. The number of hydrogen-bond acceptors (Lipinski definition) is 9. The summed E-state index contributed by atoms with van der Waals surface area (Å²) in [5, 5.41) is 8.91. The van der Waals surface area contributed by atoms with Crippen LogP contribution in [0.25, 0.3) is 5.57 Å². The minimum absolute atomic E-state index is 0.132. The minimum Gasteiger partial charge on any atom is -0.493 e. The Kier molecular flexibility index (Phi) is 5.38. The molecule has 4 aliphatic rings. The number of carbonyl (C=O) groups is 1. The number of ether oxygens (including phenoxy) is 6. The normalized spacial score (nSPS) is 23.8. The lowest BCUT2D eigenvalue weighted by Crippen LogP contribution is -2.37. The summed E-state index contributed by atoms with van der Waals surface area (Å²) in [7, 11) is 4.71. The van der Waals surface area contributed by atoms with E-state index in [0.717, 1.165) is 22.3 Å². The zero-order chi connectivity index (χ0) is 26.7. The number of esters is 1. The van der Waals surface area contributed by atoms with Crippen LogP contribution in [0.15, 0.2) is 54.4 Å². The topological polar surface area (TPSA) is 103 Å². The van der Waals surface area contributed by atoms with Crippen molar-refractivity contribution in [2.24, 2.45) is 11.8 Å². The third kappa shape index (κ3) is 3.52. The third-order valence-electron chi connectivity index (χ3n) is 7.86. The molecule has 0 bridgehead atoms. The predicted molar refractivity (Wildman–Crippen MR) is 137 cm³/mol. The summed E-state index contributed by atoms with van der Waals surface area (Å²) >= 11 is 0. The van der Waals surface area contributed by atoms with E-state index < -0.39 is 5.92 Å². The van der Waals surface area contributed by atoms with Gasteiger partial charge in [0.05, 0.1) is 46.1 Å². The van der Waals surface area contributed by atoms with Gasteiger partial charge in [-0.05, 0) is 53.1 Å². The van der Waals surface area contributed by atoms with Crippen LogP contribution in [0.4, 0.5) is 0 Å². The van der Waals surface area contributed by atoms with Crippen LogP contribution in [0.5, 0.6) is 28.7 Å². The second-order valence-electron chi connectivity index (χ2n) is 9.70. The Balaban J connectivity index is 1.44. The Morgan fingerprint density at radius 1 is 0.974 bits per heavy atom. The molecule has 10 heteroatoms. The van der Waals surface area contributed by atoms with Gasteiger partial charge in [0.15, 0.2) is 23.0 Å². The average molecular weight is 528 g/mol. The molecule has 3 aromatic rings. The molecule has 39 heavy (non-hydrogen) atoms. The minimum atomic E-state index is -0.496. The second kappa shape index (κ2) is 8.96. The molecule has 7 rings (SSSR count). The van der Waals surface area contributed by atoms with Crippen molar-refractivity contribution in [3.8, 4) is 28.7 Å². The summed E-state index contributed by atoms with van der Waals surface area (Å²) < 4.78 is 35.9. The Morgan fingerprint density at radius 2 is 1.72 bits per heavy atom. The van der Waals surface area contributed by atoms with Crippen LogP contribution in [-0.2, 0) is 9.53 Å². The highest BCUT2D eigenvalue weighted by molar-refractivity contribution is 5.79. The van der Waals surface area contributed by atoms with Gasteiger partial charge in [-0.2, -0.15) is 0 Å². The van der Waals surface area contributed by atoms with E-state index in [1.165, 1.54) is 0 Å². The Morgan fingerprint density at radius 3 is 2.38 bits per heavy atom. The van der Waals surface area contributed by atoms with Crippen LogP contribution in [-0.4, -0.2) is 55.7 Å². The highest BCUT2D eigenvalue weighted by Crippen LogP contribution is 2.56. The third-order valence-corrected chi connectivity index (χ3v) is 7.86. The van der Waals surface area contributed by atoms with Gasteiger partial charge in [0, 0.05) is 17.4 Å². The predicted octanol–water partition coefficient (Wildman–Crippen LogP) is 3.67. The molecule has 1 fully saturated rings. The second-order valence-corrected chi connectivity index (χ2v) is 9.70. The average Bonchev–Trinajstić information content (AvgIpc) is 3.77. The van der Waals surface area contributed by atoms with Crippen LogP contribution in [0.2, 0.25) is 0 Å². The van der Waals surface area contributed by atoms with Gasteiger partial charge < -0.3 is 28.4 Å². The molecule has 0 radical (unpaired) electrons. The van der Waals surface area contributed by atoms with E-state index in [1.807, 2.05) is 53.4 Å². The zero-order valence-corrected chi connectivity index (χ0v) is 21.5. The van der Waals surface area contributed by atoms with Gasteiger partial charge in [-0.15, -0.1) is 10.8 Å². The quantitative estimate of drug-likeness (QED) is 0.351. The first-order valence-corrected chi connectivity index (χ1v) is 12.6. The highest BCUT2D eigenvalue weighted by atomic mass is 16.7. The molecular formula is C29H25N3O7. The van der Waals surface area contributed by atoms with Crippen molar-refractivity contribution in [1.29, 1.82) is 0 Å². The molecule has 2 aliphatic carbocycles. The summed E-state index contributed by atoms with van der Waals surface area (Å²) in [6.07, 6.45) is 7.58. The van der Waals surface area contributed by atoms with Crippen LogP contribution in [0.1, 0.15) is 34.3 Å². The number of allylic oxidation sites excluding steroid dienone is 3. The van der Waals surface area contributed by atoms with Gasteiger partial charge in [0.1, 0.15) is 5.69 Å². The molecule has 4 atom stereocenters. The maximum Gasteiger partial charge on any atom is 0.310 e. The fourth-order valence-electron chi connectivity index (χ4n) is 6.18. The lowest BCUT2D eigenvalue weighted by atomic mass is 9.65. The Bertz CT molecular complexity index is 1580. The van der Waals surface area contributed by atoms with Crippen molar-refractivity contribution < 1.29 is 33.2 Å². The summed E-state index contributed by atoms with van der Waals surface area (Å²) in [5.41, 5.74) is 7.44. The molecule has 2 aliphatic heterocycles. The lowest BCUT2D eigenvalue weighted by molar-refractivity contribution is -0.141. The standard InChI is InChI=1S/C29H25N3O7/c1-34-23-8-16(9-24(35-2)28(23)36-3)25-17-10-21-22(39-14-38-21)11-18(17)27(19-13-37-29(33)26(19)25)32-12-20(30-31-32)15-6-4-5-7-15/h4-6,8-12,19,25-27H,13-14H2,1-3H3/t19-,25+,26-,27+/m0/s1. The molecule has 1 saturated heterocycles. The Hall–Kier alpha value is -4.69. The molecule has 0 saturated carbocycles. The van der Waals surface area contributed by atoms with Gasteiger partial charge in [0.2, 0.25) is 12.5 Å². The molecule has 0 amide bonds. The van der Waals surface area contributed by atoms with Crippen LogP contribution < -0.4 is 23.7 Å². The van der Waals surface area contributed by atoms with Crippen molar-refractivity contribution in [1.82, 2.24) is 15.0 Å². The van der Waals surface area contributed by atoms with Gasteiger partial charge in [-0.3, -0.25) is 4.79 Å². The monoisotopic (exact) mass is 527 g/mol. The van der Waals surface area contributed by atoms with E-state index in [1.54, 1.807) is 21.3 Å².